The predicted octanol–water partition coefficient (Wildman–Crippen LogP) is 5.06. The lowest BCUT2D eigenvalue weighted by Crippen LogP contribution is -2.42. The van der Waals surface area contributed by atoms with Gasteiger partial charge in [-0.25, -0.2) is 8.78 Å². The third kappa shape index (κ3) is 4.95. The third-order valence-corrected chi connectivity index (χ3v) is 8.34. The third-order valence-electron chi connectivity index (χ3n) is 5.65. The van der Waals surface area contributed by atoms with Gasteiger partial charge in [-0.3, -0.25) is 9.59 Å². The van der Waals surface area contributed by atoms with E-state index in [4.69, 9.17) is 11.6 Å². The molecule has 4 rings (SSSR count). The van der Waals surface area contributed by atoms with Crippen molar-refractivity contribution in [2.24, 2.45) is 0 Å². The Morgan fingerprint density at radius 1 is 1.18 bits per heavy atom. The van der Waals surface area contributed by atoms with Crippen LogP contribution in [-0.4, -0.2) is 37.7 Å². The molecule has 34 heavy (non-hydrogen) atoms. The van der Waals surface area contributed by atoms with Crippen LogP contribution in [0.25, 0.3) is 11.1 Å². The standard InChI is InChI=1S/C24H22ClF2N2O3PS/c1-33(2,32)19-6-4-3-5-15(19)16-7-8-18(23(27)22(16)26)29-10-9-17(24(29)31)28-21(30)12-14-11-20(25)34-13-14/h3-8,11,13,17H,9-10,12H2,1-2H3,(H,28,30)/t17-/m1/s1. The van der Waals surface area contributed by atoms with Gasteiger partial charge >= 0.3 is 0 Å². The summed E-state index contributed by atoms with van der Waals surface area (Å²) in [6.07, 6.45) is 0.346. The average Bonchev–Trinajstić information content (AvgIpc) is 3.34. The van der Waals surface area contributed by atoms with Gasteiger partial charge in [0.25, 0.3) is 0 Å². The van der Waals surface area contributed by atoms with Crippen molar-refractivity contribution in [2.75, 3.05) is 24.8 Å². The van der Waals surface area contributed by atoms with Gasteiger partial charge in [-0.2, -0.15) is 0 Å². The number of hydrogen-bond donors (Lipinski definition) is 1. The predicted molar refractivity (Wildman–Crippen MR) is 133 cm³/mol. The molecule has 3 aromatic rings. The Morgan fingerprint density at radius 2 is 1.91 bits per heavy atom. The highest BCUT2D eigenvalue weighted by atomic mass is 35.5. The van der Waals surface area contributed by atoms with Crippen LogP contribution in [0.3, 0.4) is 0 Å². The molecule has 1 atom stereocenters. The number of thiophene rings is 1. The SMILES string of the molecule is CP(C)(=O)c1ccccc1-c1ccc(N2CC[C@@H](NC(=O)Cc3csc(Cl)c3)C2=O)c(F)c1F. The molecule has 1 N–H and O–H groups in total. The van der Waals surface area contributed by atoms with E-state index in [9.17, 15) is 14.2 Å². The van der Waals surface area contributed by atoms with Crippen LogP contribution in [0.4, 0.5) is 14.5 Å². The van der Waals surface area contributed by atoms with Crippen LogP contribution in [0.1, 0.15) is 12.0 Å². The molecule has 5 nitrogen and oxygen atoms in total. The molecule has 0 saturated carbocycles. The van der Waals surface area contributed by atoms with Crippen LogP contribution < -0.4 is 15.5 Å². The van der Waals surface area contributed by atoms with Crippen molar-refractivity contribution in [3.8, 4) is 11.1 Å². The monoisotopic (exact) mass is 522 g/mol. The second-order valence-corrected chi connectivity index (χ2v) is 13.2. The van der Waals surface area contributed by atoms with E-state index < -0.39 is 30.7 Å². The number of halogens is 3. The van der Waals surface area contributed by atoms with Gasteiger partial charge in [-0.1, -0.05) is 35.9 Å². The largest absolute Gasteiger partial charge is 0.344 e. The molecule has 0 spiro atoms. The fraction of sp³-hybridized carbons (Fsp3) is 0.250. The normalized spacial score (nSPS) is 16.2. The molecule has 2 aromatic carbocycles. The maximum Gasteiger partial charge on any atom is 0.249 e. The molecule has 1 fully saturated rings. The van der Waals surface area contributed by atoms with Gasteiger partial charge in [0, 0.05) is 17.4 Å². The van der Waals surface area contributed by atoms with Gasteiger partial charge in [0.2, 0.25) is 11.8 Å². The molecule has 2 amide bonds. The second-order valence-electron chi connectivity index (χ2n) is 8.46. The minimum absolute atomic E-state index is 0.0216. The van der Waals surface area contributed by atoms with E-state index in [1.165, 1.54) is 23.5 Å². The first kappa shape index (κ1) is 24.6. The maximum atomic E-state index is 15.2. The Balaban J connectivity index is 1.55. The lowest BCUT2D eigenvalue weighted by Gasteiger charge is -2.20. The van der Waals surface area contributed by atoms with E-state index in [0.717, 1.165) is 10.5 Å². The van der Waals surface area contributed by atoms with Crippen LogP contribution in [-0.2, 0) is 20.6 Å². The van der Waals surface area contributed by atoms with Crippen molar-refractivity contribution >= 4 is 52.9 Å². The molecule has 0 bridgehead atoms. The van der Waals surface area contributed by atoms with E-state index in [2.05, 4.69) is 5.32 Å². The molecule has 1 aliphatic heterocycles. The fourth-order valence-corrected chi connectivity index (χ4v) is 6.18. The summed E-state index contributed by atoms with van der Waals surface area (Å²) in [4.78, 5) is 26.3. The summed E-state index contributed by atoms with van der Waals surface area (Å²) in [5.74, 6) is -3.14. The van der Waals surface area contributed by atoms with Crippen molar-refractivity contribution in [1.29, 1.82) is 0 Å². The van der Waals surface area contributed by atoms with Crippen molar-refractivity contribution in [3.63, 3.8) is 0 Å². The molecule has 0 aliphatic carbocycles. The van der Waals surface area contributed by atoms with Crippen LogP contribution >= 0.6 is 30.1 Å². The van der Waals surface area contributed by atoms with Crippen LogP contribution in [0, 0.1) is 11.6 Å². The van der Waals surface area contributed by atoms with Gasteiger partial charge in [0.15, 0.2) is 11.6 Å². The molecular formula is C24H22ClF2N2O3PS. The first-order valence-electron chi connectivity index (χ1n) is 10.5. The van der Waals surface area contributed by atoms with Crippen LogP contribution in [0.15, 0.2) is 47.8 Å². The van der Waals surface area contributed by atoms with E-state index >= 15 is 8.78 Å². The van der Waals surface area contributed by atoms with E-state index in [-0.39, 0.29) is 36.5 Å². The van der Waals surface area contributed by atoms with Crippen molar-refractivity contribution in [3.05, 3.63) is 69.4 Å². The Labute approximate surface area is 205 Å². The quantitative estimate of drug-likeness (QED) is 0.460. The molecule has 2 heterocycles. The number of carbonyl (C=O) groups is 2. The Morgan fingerprint density at radius 3 is 2.59 bits per heavy atom. The fourth-order valence-electron chi connectivity index (χ4n) is 4.05. The van der Waals surface area contributed by atoms with Gasteiger partial charge < -0.3 is 14.8 Å². The van der Waals surface area contributed by atoms with Gasteiger partial charge in [-0.15, -0.1) is 11.3 Å². The topological polar surface area (TPSA) is 66.5 Å². The summed E-state index contributed by atoms with van der Waals surface area (Å²) in [7, 11) is -2.75. The van der Waals surface area contributed by atoms with Crippen LogP contribution in [0.2, 0.25) is 4.34 Å². The molecule has 178 valence electrons. The zero-order valence-electron chi connectivity index (χ0n) is 18.5. The molecule has 1 aromatic heterocycles. The lowest BCUT2D eigenvalue weighted by atomic mass is 10.0. The Hall–Kier alpha value is -2.54. The first-order chi connectivity index (χ1) is 16.1. The van der Waals surface area contributed by atoms with Crippen LogP contribution in [0.5, 0.6) is 0 Å². The minimum Gasteiger partial charge on any atom is -0.344 e. The van der Waals surface area contributed by atoms with Crippen molar-refractivity contribution in [1.82, 2.24) is 5.32 Å². The molecule has 1 saturated heterocycles. The summed E-state index contributed by atoms with van der Waals surface area (Å²) < 4.78 is 43.5. The Bertz CT molecular complexity index is 1320. The van der Waals surface area contributed by atoms with Crippen molar-refractivity contribution < 1.29 is 22.9 Å². The highest BCUT2D eigenvalue weighted by Crippen LogP contribution is 2.40. The number of nitrogens with one attached hydrogen (secondary N) is 1. The summed E-state index contributed by atoms with van der Waals surface area (Å²) >= 11 is 7.19. The number of rotatable bonds is 6. The number of carbonyl (C=O) groups excluding carboxylic acids is 2. The summed E-state index contributed by atoms with van der Waals surface area (Å²) in [6.45, 7) is 3.27. The van der Waals surface area contributed by atoms with E-state index in [1.54, 1.807) is 49.0 Å². The Kier molecular flexibility index (Phi) is 6.94. The zero-order valence-corrected chi connectivity index (χ0v) is 20.9. The van der Waals surface area contributed by atoms with Gasteiger partial charge in [-0.05, 0) is 54.5 Å². The summed E-state index contributed by atoms with van der Waals surface area (Å²) in [6, 6.07) is 10.2. The molecular weight excluding hydrogens is 501 g/mol. The van der Waals surface area contributed by atoms with Gasteiger partial charge in [0.05, 0.1) is 16.4 Å². The van der Waals surface area contributed by atoms with Gasteiger partial charge in [0.1, 0.15) is 13.2 Å². The average molecular weight is 523 g/mol. The highest BCUT2D eigenvalue weighted by molar-refractivity contribution is 7.70. The zero-order chi connectivity index (χ0) is 24.6. The molecule has 10 heteroatoms. The maximum absolute atomic E-state index is 15.2. The molecule has 1 aliphatic rings. The number of amides is 2. The van der Waals surface area contributed by atoms with Crippen molar-refractivity contribution in [2.45, 2.75) is 18.9 Å². The number of benzene rings is 2. The summed E-state index contributed by atoms with van der Waals surface area (Å²) in [5.41, 5.74) is 0.876. The molecule has 0 unspecified atom stereocenters. The number of hydrogen-bond acceptors (Lipinski definition) is 4. The smallest absolute Gasteiger partial charge is 0.249 e. The number of nitrogens with zero attached hydrogens (tertiary/aromatic N) is 1. The molecule has 0 radical (unpaired) electrons. The lowest BCUT2D eigenvalue weighted by molar-refractivity contribution is -0.126. The first-order valence-corrected chi connectivity index (χ1v) is 14.4. The minimum atomic E-state index is -2.75. The van der Waals surface area contributed by atoms with E-state index in [1.807, 2.05) is 0 Å². The highest BCUT2D eigenvalue weighted by Gasteiger charge is 2.36. The van der Waals surface area contributed by atoms with E-state index in [0.29, 0.717) is 15.2 Å². The summed E-state index contributed by atoms with van der Waals surface area (Å²) in [5, 5.41) is 4.88. The second kappa shape index (κ2) is 9.61. The number of anilines is 1.